The molecule has 0 bridgehead atoms. The van der Waals surface area contributed by atoms with Gasteiger partial charge < -0.3 is 14.9 Å². The summed E-state index contributed by atoms with van der Waals surface area (Å²) in [7, 11) is 6.37. The van der Waals surface area contributed by atoms with Gasteiger partial charge in [0.1, 0.15) is 0 Å². The van der Waals surface area contributed by atoms with Crippen molar-refractivity contribution in [1.82, 2.24) is 4.90 Å². The predicted octanol–water partition coefficient (Wildman–Crippen LogP) is 2.61. The first-order chi connectivity index (χ1) is 9.35. The molecule has 0 unspecified atom stereocenters. The van der Waals surface area contributed by atoms with E-state index in [1.165, 1.54) is 19.3 Å². The number of rotatable bonds is 5. The second kappa shape index (κ2) is 5.44. The van der Waals surface area contributed by atoms with Crippen LogP contribution in [0.5, 0.6) is 0 Å². The lowest BCUT2D eigenvalue weighted by Crippen LogP contribution is -2.56. The molecule has 1 aliphatic rings. The number of carbonyl (C=O) groups is 1. The van der Waals surface area contributed by atoms with E-state index >= 15 is 0 Å². The standard InChI is InChI=1S/C16H24N2O2/c1-12-10-13(6-7-14(12)15(19)20)18(4)11-16(17(2)3)8-5-9-16/h6-7,10H,5,8-9,11H2,1-4H3,(H,19,20). The molecule has 4 nitrogen and oxygen atoms in total. The van der Waals surface area contributed by atoms with Gasteiger partial charge in [0.15, 0.2) is 0 Å². The van der Waals surface area contributed by atoms with Crippen molar-refractivity contribution in [2.24, 2.45) is 0 Å². The van der Waals surface area contributed by atoms with Gasteiger partial charge in [0.05, 0.1) is 5.56 Å². The molecule has 0 aromatic heterocycles. The van der Waals surface area contributed by atoms with Gasteiger partial charge in [-0.1, -0.05) is 0 Å². The molecule has 0 saturated heterocycles. The topological polar surface area (TPSA) is 43.8 Å². The smallest absolute Gasteiger partial charge is 0.335 e. The zero-order valence-corrected chi connectivity index (χ0v) is 12.8. The Hall–Kier alpha value is -1.55. The van der Waals surface area contributed by atoms with E-state index in [0.717, 1.165) is 17.8 Å². The molecule has 4 heteroatoms. The minimum Gasteiger partial charge on any atom is -0.478 e. The Kier molecular flexibility index (Phi) is 4.04. The summed E-state index contributed by atoms with van der Waals surface area (Å²) in [5.74, 6) is -0.861. The monoisotopic (exact) mass is 276 g/mol. The lowest BCUT2D eigenvalue weighted by atomic mass is 9.75. The number of aromatic carboxylic acids is 1. The summed E-state index contributed by atoms with van der Waals surface area (Å²) in [6.07, 6.45) is 3.76. The molecule has 1 aromatic rings. The van der Waals surface area contributed by atoms with Gasteiger partial charge in [0.2, 0.25) is 0 Å². The summed E-state index contributed by atoms with van der Waals surface area (Å²) in [5, 5.41) is 9.08. The van der Waals surface area contributed by atoms with Crippen molar-refractivity contribution in [3.63, 3.8) is 0 Å². The van der Waals surface area contributed by atoms with Crippen LogP contribution in [0, 0.1) is 6.92 Å². The molecule has 1 aromatic carbocycles. The van der Waals surface area contributed by atoms with Crippen LogP contribution in [0.25, 0.3) is 0 Å². The van der Waals surface area contributed by atoms with Crippen molar-refractivity contribution in [1.29, 1.82) is 0 Å². The van der Waals surface area contributed by atoms with Gasteiger partial charge in [-0.15, -0.1) is 0 Å². The Balaban J connectivity index is 2.15. The third kappa shape index (κ3) is 2.66. The Morgan fingerprint density at radius 2 is 1.95 bits per heavy atom. The number of aryl methyl sites for hydroxylation is 1. The average Bonchev–Trinajstić information content (AvgIpc) is 2.32. The molecule has 20 heavy (non-hydrogen) atoms. The van der Waals surface area contributed by atoms with Gasteiger partial charge >= 0.3 is 5.97 Å². The molecule has 0 amide bonds. The minimum absolute atomic E-state index is 0.272. The number of nitrogens with zero attached hydrogens (tertiary/aromatic N) is 2. The highest BCUT2D eigenvalue weighted by atomic mass is 16.4. The highest BCUT2D eigenvalue weighted by molar-refractivity contribution is 5.89. The summed E-state index contributed by atoms with van der Waals surface area (Å²) in [6.45, 7) is 2.83. The SMILES string of the molecule is Cc1cc(N(C)CC2(N(C)C)CCC2)ccc1C(=O)O. The van der Waals surface area contributed by atoms with Crippen LogP contribution in [0.3, 0.4) is 0 Å². The predicted molar refractivity (Wildman–Crippen MR) is 81.7 cm³/mol. The maximum atomic E-state index is 11.1. The summed E-state index contributed by atoms with van der Waals surface area (Å²) < 4.78 is 0. The normalized spacial score (nSPS) is 16.9. The van der Waals surface area contributed by atoms with Crippen LogP contribution >= 0.6 is 0 Å². The van der Waals surface area contributed by atoms with Gasteiger partial charge in [0.25, 0.3) is 0 Å². The first-order valence-corrected chi connectivity index (χ1v) is 7.08. The highest BCUT2D eigenvalue weighted by Gasteiger charge is 2.39. The Morgan fingerprint density at radius 3 is 2.35 bits per heavy atom. The second-order valence-electron chi connectivity index (χ2n) is 6.13. The molecule has 0 atom stereocenters. The van der Waals surface area contributed by atoms with E-state index in [1.807, 2.05) is 19.1 Å². The summed E-state index contributed by atoms with van der Waals surface area (Å²) in [4.78, 5) is 15.6. The van der Waals surface area contributed by atoms with E-state index in [2.05, 4.69) is 30.9 Å². The van der Waals surface area contributed by atoms with E-state index in [9.17, 15) is 4.79 Å². The van der Waals surface area contributed by atoms with E-state index in [-0.39, 0.29) is 5.54 Å². The largest absolute Gasteiger partial charge is 0.478 e. The van der Waals surface area contributed by atoms with Crippen molar-refractivity contribution in [2.75, 3.05) is 32.6 Å². The van der Waals surface area contributed by atoms with Crippen molar-refractivity contribution < 1.29 is 9.90 Å². The van der Waals surface area contributed by atoms with Gasteiger partial charge in [-0.05, 0) is 64.0 Å². The number of carboxylic acids is 1. The van der Waals surface area contributed by atoms with E-state index in [1.54, 1.807) is 6.07 Å². The van der Waals surface area contributed by atoms with Crippen LogP contribution in [0.4, 0.5) is 5.69 Å². The lowest BCUT2D eigenvalue weighted by Gasteiger charge is -2.49. The summed E-state index contributed by atoms with van der Waals surface area (Å²) in [6, 6.07) is 5.57. The van der Waals surface area contributed by atoms with Crippen molar-refractivity contribution >= 4 is 11.7 Å². The Morgan fingerprint density at radius 1 is 1.30 bits per heavy atom. The fourth-order valence-electron chi connectivity index (χ4n) is 2.99. The van der Waals surface area contributed by atoms with Crippen LogP contribution in [-0.2, 0) is 0 Å². The number of anilines is 1. The van der Waals surface area contributed by atoms with Gasteiger partial charge in [0, 0.05) is 24.8 Å². The number of hydrogen-bond donors (Lipinski definition) is 1. The molecule has 1 saturated carbocycles. The van der Waals surface area contributed by atoms with Crippen LogP contribution in [0.15, 0.2) is 18.2 Å². The van der Waals surface area contributed by atoms with E-state index in [4.69, 9.17) is 5.11 Å². The van der Waals surface area contributed by atoms with Gasteiger partial charge in [-0.25, -0.2) is 4.79 Å². The number of benzene rings is 1. The highest BCUT2D eigenvalue weighted by Crippen LogP contribution is 2.37. The molecule has 0 heterocycles. The van der Waals surface area contributed by atoms with Gasteiger partial charge in [-0.2, -0.15) is 0 Å². The third-order valence-corrected chi connectivity index (χ3v) is 4.65. The molecule has 0 radical (unpaired) electrons. The molecular formula is C16H24N2O2. The molecule has 0 aliphatic heterocycles. The van der Waals surface area contributed by atoms with Crippen LogP contribution in [0.1, 0.15) is 35.2 Å². The second-order valence-corrected chi connectivity index (χ2v) is 6.13. The Bertz CT molecular complexity index is 507. The molecule has 0 spiro atoms. The molecular weight excluding hydrogens is 252 g/mol. The van der Waals surface area contributed by atoms with E-state index < -0.39 is 5.97 Å². The molecule has 110 valence electrons. The number of likely N-dealkylation sites (N-methyl/N-ethyl adjacent to an activating group) is 2. The zero-order chi connectivity index (χ0) is 14.9. The number of carboxylic acid groups (broad SMARTS) is 1. The summed E-state index contributed by atoms with van der Waals surface area (Å²) in [5.41, 5.74) is 2.55. The first kappa shape index (κ1) is 14.9. The first-order valence-electron chi connectivity index (χ1n) is 7.08. The maximum absolute atomic E-state index is 11.1. The van der Waals surface area contributed by atoms with Crippen LogP contribution < -0.4 is 4.90 Å². The van der Waals surface area contributed by atoms with Crippen LogP contribution in [-0.4, -0.2) is 49.2 Å². The minimum atomic E-state index is -0.861. The zero-order valence-electron chi connectivity index (χ0n) is 12.8. The fraction of sp³-hybridized carbons (Fsp3) is 0.562. The van der Waals surface area contributed by atoms with Crippen molar-refractivity contribution in [3.8, 4) is 0 Å². The lowest BCUT2D eigenvalue weighted by molar-refractivity contribution is 0.0682. The Labute approximate surface area is 121 Å². The van der Waals surface area contributed by atoms with Gasteiger partial charge in [-0.3, -0.25) is 0 Å². The van der Waals surface area contributed by atoms with Crippen molar-refractivity contribution in [2.45, 2.75) is 31.7 Å². The quantitative estimate of drug-likeness (QED) is 0.898. The van der Waals surface area contributed by atoms with Crippen LogP contribution in [0.2, 0.25) is 0 Å². The molecule has 1 fully saturated rings. The summed E-state index contributed by atoms with van der Waals surface area (Å²) >= 11 is 0. The maximum Gasteiger partial charge on any atom is 0.335 e. The molecule has 1 N–H and O–H groups in total. The molecule has 2 rings (SSSR count). The average molecular weight is 276 g/mol. The fourth-order valence-corrected chi connectivity index (χ4v) is 2.99. The van der Waals surface area contributed by atoms with E-state index in [0.29, 0.717) is 5.56 Å². The third-order valence-electron chi connectivity index (χ3n) is 4.65. The number of hydrogen-bond acceptors (Lipinski definition) is 3. The van der Waals surface area contributed by atoms with Crippen molar-refractivity contribution in [3.05, 3.63) is 29.3 Å². The molecule has 1 aliphatic carbocycles.